The summed E-state index contributed by atoms with van der Waals surface area (Å²) in [6, 6.07) is 14.4. The Hall–Kier alpha value is -2.83. The SMILES string of the molecule is Cc1nn(-c2ccc(Cl)cc2)c(C)c1CC(=O)N1CCN(C(=O)c2cccc(Cl)c2)CC1. The monoisotopic (exact) mass is 470 g/mol. The minimum Gasteiger partial charge on any atom is -0.339 e. The average molecular weight is 471 g/mol. The van der Waals surface area contributed by atoms with E-state index in [9.17, 15) is 9.59 Å². The van der Waals surface area contributed by atoms with Crippen molar-refractivity contribution < 1.29 is 9.59 Å². The van der Waals surface area contributed by atoms with Crippen LogP contribution in [0.25, 0.3) is 5.69 Å². The van der Waals surface area contributed by atoms with E-state index in [2.05, 4.69) is 5.10 Å². The first-order valence-electron chi connectivity index (χ1n) is 10.5. The third-order valence-electron chi connectivity index (χ3n) is 5.83. The van der Waals surface area contributed by atoms with E-state index in [-0.39, 0.29) is 18.2 Å². The summed E-state index contributed by atoms with van der Waals surface area (Å²) in [6.45, 7) is 5.91. The Morgan fingerprint density at radius 2 is 1.56 bits per heavy atom. The zero-order valence-electron chi connectivity index (χ0n) is 18.0. The summed E-state index contributed by atoms with van der Waals surface area (Å²) in [4.78, 5) is 29.3. The predicted octanol–water partition coefficient (Wildman–Crippen LogP) is 4.32. The number of aryl methyl sites for hydroxylation is 1. The minimum atomic E-state index is -0.0597. The van der Waals surface area contributed by atoms with Crippen molar-refractivity contribution in [2.75, 3.05) is 26.2 Å². The molecule has 1 aliphatic heterocycles. The highest BCUT2D eigenvalue weighted by Gasteiger charge is 2.26. The van der Waals surface area contributed by atoms with E-state index in [1.807, 2.05) is 47.7 Å². The number of aromatic nitrogens is 2. The molecule has 0 spiro atoms. The second kappa shape index (κ2) is 9.35. The summed E-state index contributed by atoms with van der Waals surface area (Å²) in [7, 11) is 0. The van der Waals surface area contributed by atoms with Gasteiger partial charge >= 0.3 is 0 Å². The van der Waals surface area contributed by atoms with Gasteiger partial charge in [-0.2, -0.15) is 5.10 Å². The van der Waals surface area contributed by atoms with Gasteiger partial charge in [0.05, 0.1) is 17.8 Å². The maximum absolute atomic E-state index is 13.0. The minimum absolute atomic E-state index is 0.0433. The fourth-order valence-corrected chi connectivity index (χ4v) is 4.31. The number of piperazine rings is 1. The molecule has 2 amide bonds. The van der Waals surface area contributed by atoms with Crippen LogP contribution in [0.1, 0.15) is 27.3 Å². The molecular weight excluding hydrogens is 447 g/mol. The lowest BCUT2D eigenvalue weighted by atomic mass is 10.1. The van der Waals surface area contributed by atoms with Crippen molar-refractivity contribution in [1.29, 1.82) is 0 Å². The Kier molecular flexibility index (Phi) is 6.53. The molecule has 1 aliphatic rings. The molecular formula is C24H24Cl2N4O2. The molecule has 6 nitrogen and oxygen atoms in total. The van der Waals surface area contributed by atoms with Gasteiger partial charge in [0, 0.05) is 53.0 Å². The van der Waals surface area contributed by atoms with Crippen LogP contribution in [-0.4, -0.2) is 57.6 Å². The number of amides is 2. The molecule has 0 aliphatic carbocycles. The number of carbonyl (C=O) groups excluding carboxylic acids is 2. The van der Waals surface area contributed by atoms with Gasteiger partial charge < -0.3 is 9.80 Å². The molecule has 4 rings (SSSR count). The Morgan fingerprint density at radius 1 is 0.906 bits per heavy atom. The largest absolute Gasteiger partial charge is 0.339 e. The van der Waals surface area contributed by atoms with Crippen LogP contribution in [0.2, 0.25) is 10.0 Å². The molecule has 32 heavy (non-hydrogen) atoms. The van der Waals surface area contributed by atoms with E-state index in [1.54, 1.807) is 29.2 Å². The van der Waals surface area contributed by atoms with E-state index >= 15 is 0 Å². The molecule has 8 heteroatoms. The molecule has 0 bridgehead atoms. The van der Waals surface area contributed by atoms with Crippen LogP contribution >= 0.6 is 23.2 Å². The van der Waals surface area contributed by atoms with Gasteiger partial charge in [-0.05, 0) is 56.3 Å². The lowest BCUT2D eigenvalue weighted by molar-refractivity contribution is -0.131. The quantitative estimate of drug-likeness (QED) is 0.570. The fourth-order valence-electron chi connectivity index (χ4n) is 3.99. The van der Waals surface area contributed by atoms with E-state index < -0.39 is 0 Å². The second-order valence-electron chi connectivity index (χ2n) is 7.90. The van der Waals surface area contributed by atoms with Crippen molar-refractivity contribution in [3.63, 3.8) is 0 Å². The average Bonchev–Trinajstić information content (AvgIpc) is 3.07. The van der Waals surface area contributed by atoms with Crippen molar-refractivity contribution in [3.05, 3.63) is 81.1 Å². The summed E-state index contributed by atoms with van der Waals surface area (Å²) in [5.41, 5.74) is 4.18. The summed E-state index contributed by atoms with van der Waals surface area (Å²) in [5, 5.41) is 5.83. The van der Waals surface area contributed by atoms with Gasteiger partial charge in [0.2, 0.25) is 5.91 Å². The maximum Gasteiger partial charge on any atom is 0.254 e. The maximum atomic E-state index is 13.0. The lowest BCUT2D eigenvalue weighted by Crippen LogP contribution is -2.51. The predicted molar refractivity (Wildman–Crippen MR) is 126 cm³/mol. The molecule has 1 aromatic heterocycles. The van der Waals surface area contributed by atoms with Crippen molar-refractivity contribution >= 4 is 35.0 Å². The van der Waals surface area contributed by atoms with Crippen LogP contribution in [0.4, 0.5) is 0 Å². The zero-order chi connectivity index (χ0) is 22.8. The Bertz CT molecular complexity index is 1150. The zero-order valence-corrected chi connectivity index (χ0v) is 19.5. The normalized spacial score (nSPS) is 14.0. The number of benzene rings is 2. The number of carbonyl (C=O) groups is 2. The summed E-state index contributed by atoms with van der Waals surface area (Å²) < 4.78 is 1.84. The third kappa shape index (κ3) is 4.66. The number of hydrogen-bond donors (Lipinski definition) is 0. The van der Waals surface area contributed by atoms with Gasteiger partial charge in [-0.25, -0.2) is 4.68 Å². The third-order valence-corrected chi connectivity index (χ3v) is 6.32. The Balaban J connectivity index is 1.40. The van der Waals surface area contributed by atoms with Gasteiger partial charge in [0.25, 0.3) is 5.91 Å². The van der Waals surface area contributed by atoms with Crippen LogP contribution < -0.4 is 0 Å². The van der Waals surface area contributed by atoms with Crippen LogP contribution in [0, 0.1) is 13.8 Å². The molecule has 1 saturated heterocycles. The summed E-state index contributed by atoms with van der Waals surface area (Å²) in [6.07, 6.45) is 0.285. The molecule has 2 aromatic carbocycles. The number of hydrogen-bond acceptors (Lipinski definition) is 3. The van der Waals surface area contributed by atoms with Gasteiger partial charge in [-0.3, -0.25) is 9.59 Å². The highest BCUT2D eigenvalue weighted by Crippen LogP contribution is 2.21. The number of nitrogens with zero attached hydrogens (tertiary/aromatic N) is 4. The molecule has 2 heterocycles. The highest BCUT2D eigenvalue weighted by molar-refractivity contribution is 6.31. The number of rotatable bonds is 4. The Morgan fingerprint density at radius 3 is 2.22 bits per heavy atom. The summed E-state index contributed by atoms with van der Waals surface area (Å²) >= 11 is 12.0. The van der Waals surface area contributed by atoms with Gasteiger partial charge in [-0.1, -0.05) is 29.3 Å². The Labute approximate surface area is 197 Å². The van der Waals surface area contributed by atoms with Crippen LogP contribution in [0.15, 0.2) is 48.5 Å². The standard InChI is InChI=1S/C24H24Cl2N4O2/c1-16-22(17(2)30(27-16)21-8-6-19(25)7-9-21)15-23(31)28-10-12-29(13-11-28)24(32)18-4-3-5-20(26)14-18/h3-9,14H,10-13,15H2,1-2H3. The molecule has 166 valence electrons. The van der Waals surface area contributed by atoms with E-state index in [0.717, 1.165) is 22.6 Å². The van der Waals surface area contributed by atoms with Gasteiger partial charge in [0.1, 0.15) is 0 Å². The van der Waals surface area contributed by atoms with Gasteiger partial charge in [-0.15, -0.1) is 0 Å². The molecule has 0 atom stereocenters. The molecule has 0 unspecified atom stereocenters. The van der Waals surface area contributed by atoms with E-state index in [4.69, 9.17) is 23.2 Å². The van der Waals surface area contributed by atoms with Crippen molar-refractivity contribution in [2.45, 2.75) is 20.3 Å². The fraction of sp³-hybridized carbons (Fsp3) is 0.292. The highest BCUT2D eigenvalue weighted by atomic mass is 35.5. The van der Waals surface area contributed by atoms with E-state index in [0.29, 0.717) is 41.8 Å². The van der Waals surface area contributed by atoms with Crippen molar-refractivity contribution in [2.24, 2.45) is 0 Å². The first-order valence-corrected chi connectivity index (χ1v) is 11.2. The van der Waals surface area contributed by atoms with E-state index in [1.165, 1.54) is 0 Å². The molecule has 3 aromatic rings. The molecule has 0 N–H and O–H groups in total. The smallest absolute Gasteiger partial charge is 0.254 e. The lowest BCUT2D eigenvalue weighted by Gasteiger charge is -2.35. The van der Waals surface area contributed by atoms with Crippen LogP contribution in [-0.2, 0) is 11.2 Å². The van der Waals surface area contributed by atoms with Gasteiger partial charge in [0.15, 0.2) is 0 Å². The van der Waals surface area contributed by atoms with Crippen LogP contribution in [0.3, 0.4) is 0 Å². The molecule has 0 radical (unpaired) electrons. The topological polar surface area (TPSA) is 58.4 Å². The molecule has 1 fully saturated rings. The number of halogens is 2. The van der Waals surface area contributed by atoms with Crippen LogP contribution in [0.5, 0.6) is 0 Å². The first-order chi connectivity index (χ1) is 15.3. The van der Waals surface area contributed by atoms with Crippen molar-refractivity contribution in [1.82, 2.24) is 19.6 Å². The summed E-state index contributed by atoms with van der Waals surface area (Å²) in [5.74, 6) is -0.0164. The second-order valence-corrected chi connectivity index (χ2v) is 8.77. The van der Waals surface area contributed by atoms with Crippen molar-refractivity contribution in [3.8, 4) is 5.69 Å². The molecule has 0 saturated carbocycles. The first kappa shape index (κ1) is 22.4.